The van der Waals surface area contributed by atoms with Crippen LogP contribution in [-0.2, 0) is 0 Å². The second-order valence-corrected chi connectivity index (χ2v) is 6.72. The summed E-state index contributed by atoms with van der Waals surface area (Å²) in [4.78, 5) is 13.6. The van der Waals surface area contributed by atoms with E-state index in [0.29, 0.717) is 10.5 Å². The zero-order valence-corrected chi connectivity index (χ0v) is 15.1. The molecular weight excluding hydrogens is 377 g/mol. The number of aliphatic hydroxyl groups is 1. The van der Waals surface area contributed by atoms with Gasteiger partial charge in [-0.05, 0) is 17.8 Å². The van der Waals surface area contributed by atoms with E-state index < -0.39 is 29.6 Å². The Hall–Kier alpha value is -2.45. The Labute approximate surface area is 159 Å². The van der Waals surface area contributed by atoms with Gasteiger partial charge in [-0.1, -0.05) is 60.7 Å². The SMILES string of the molecule is CN1C(=S)NC(c2ccccc2)C(C(=O)c2ccccc2)C1(O)C(F)(F)F. The van der Waals surface area contributed by atoms with Crippen molar-refractivity contribution in [1.29, 1.82) is 0 Å². The van der Waals surface area contributed by atoms with Crippen molar-refractivity contribution in [3.63, 3.8) is 0 Å². The maximum absolute atomic E-state index is 14.0. The minimum absolute atomic E-state index is 0.0779. The molecule has 0 amide bonds. The molecule has 2 aromatic rings. The van der Waals surface area contributed by atoms with Gasteiger partial charge in [0.2, 0.25) is 0 Å². The summed E-state index contributed by atoms with van der Waals surface area (Å²) < 4.78 is 42.1. The van der Waals surface area contributed by atoms with Crippen LogP contribution in [-0.4, -0.2) is 39.9 Å². The third-order valence-corrected chi connectivity index (χ3v) is 5.17. The van der Waals surface area contributed by atoms with Crippen molar-refractivity contribution in [3.8, 4) is 0 Å². The van der Waals surface area contributed by atoms with E-state index in [-0.39, 0.29) is 10.7 Å². The first-order valence-electron chi connectivity index (χ1n) is 8.15. The van der Waals surface area contributed by atoms with Gasteiger partial charge in [0, 0.05) is 12.6 Å². The van der Waals surface area contributed by atoms with E-state index in [4.69, 9.17) is 12.2 Å². The number of nitrogens with zero attached hydrogens (tertiary/aromatic N) is 1. The first-order chi connectivity index (χ1) is 12.7. The molecule has 0 aliphatic carbocycles. The summed E-state index contributed by atoms with van der Waals surface area (Å²) in [5, 5.41) is 13.3. The molecule has 1 fully saturated rings. The maximum atomic E-state index is 14.0. The lowest BCUT2D eigenvalue weighted by Gasteiger charge is -2.51. The van der Waals surface area contributed by atoms with Crippen LogP contribution in [0.15, 0.2) is 60.7 Å². The Morgan fingerprint density at radius 3 is 2.15 bits per heavy atom. The highest BCUT2D eigenvalue weighted by molar-refractivity contribution is 7.80. The first-order valence-corrected chi connectivity index (χ1v) is 8.56. The molecule has 0 saturated carbocycles. The molecule has 1 saturated heterocycles. The van der Waals surface area contributed by atoms with E-state index in [1.54, 1.807) is 48.5 Å². The van der Waals surface area contributed by atoms with Crippen molar-refractivity contribution < 1.29 is 23.1 Å². The molecule has 1 aliphatic rings. The molecule has 3 rings (SSSR count). The van der Waals surface area contributed by atoms with E-state index in [2.05, 4.69) is 5.32 Å². The smallest absolute Gasteiger partial charge is 0.363 e. The fourth-order valence-corrected chi connectivity index (χ4v) is 3.59. The minimum atomic E-state index is -5.12. The highest BCUT2D eigenvalue weighted by Gasteiger charge is 2.68. The molecule has 2 aromatic carbocycles. The van der Waals surface area contributed by atoms with Crippen LogP contribution in [0, 0.1) is 5.92 Å². The Morgan fingerprint density at radius 2 is 1.63 bits per heavy atom. The maximum Gasteiger partial charge on any atom is 0.437 e. The number of alkyl halides is 3. The van der Waals surface area contributed by atoms with Crippen LogP contribution in [0.2, 0.25) is 0 Å². The predicted molar refractivity (Wildman–Crippen MR) is 97.9 cm³/mol. The first kappa shape index (κ1) is 19.3. The highest BCUT2D eigenvalue weighted by atomic mass is 32.1. The Kier molecular flexibility index (Phi) is 4.96. The number of hydrogen-bond acceptors (Lipinski definition) is 3. The fraction of sp³-hybridized carbons (Fsp3) is 0.263. The molecule has 1 heterocycles. The van der Waals surface area contributed by atoms with Gasteiger partial charge >= 0.3 is 6.18 Å². The van der Waals surface area contributed by atoms with Crippen LogP contribution in [0.25, 0.3) is 0 Å². The number of ketones is 1. The van der Waals surface area contributed by atoms with Gasteiger partial charge in [-0.2, -0.15) is 13.2 Å². The zero-order chi connectivity index (χ0) is 19.8. The van der Waals surface area contributed by atoms with Crippen molar-refractivity contribution in [2.45, 2.75) is 17.9 Å². The van der Waals surface area contributed by atoms with Crippen LogP contribution in [0.1, 0.15) is 22.0 Å². The average Bonchev–Trinajstić information content (AvgIpc) is 2.66. The van der Waals surface area contributed by atoms with Crippen LogP contribution in [0.5, 0.6) is 0 Å². The summed E-state index contributed by atoms with van der Waals surface area (Å²) in [6.07, 6.45) is -5.12. The molecule has 0 bridgehead atoms. The van der Waals surface area contributed by atoms with Crippen molar-refractivity contribution in [2.75, 3.05) is 7.05 Å². The second kappa shape index (κ2) is 6.94. The lowest BCUT2D eigenvalue weighted by atomic mass is 9.76. The predicted octanol–water partition coefficient (Wildman–Crippen LogP) is 3.30. The summed E-state index contributed by atoms with van der Waals surface area (Å²) >= 11 is 5.02. The van der Waals surface area contributed by atoms with Crippen molar-refractivity contribution in [2.24, 2.45) is 5.92 Å². The van der Waals surface area contributed by atoms with Crippen LogP contribution in [0.3, 0.4) is 0 Å². The number of carbonyl (C=O) groups is 1. The van der Waals surface area contributed by atoms with E-state index in [0.717, 1.165) is 7.05 Å². The number of halogens is 3. The van der Waals surface area contributed by atoms with Gasteiger partial charge in [-0.25, -0.2) is 0 Å². The van der Waals surface area contributed by atoms with Crippen molar-refractivity contribution in [3.05, 3.63) is 71.8 Å². The molecule has 8 heteroatoms. The highest BCUT2D eigenvalue weighted by Crippen LogP contribution is 2.47. The third kappa shape index (κ3) is 3.19. The third-order valence-electron chi connectivity index (χ3n) is 4.78. The second-order valence-electron chi connectivity index (χ2n) is 6.33. The Bertz CT molecular complexity index is 845. The van der Waals surface area contributed by atoms with E-state index >= 15 is 0 Å². The van der Waals surface area contributed by atoms with Crippen LogP contribution >= 0.6 is 12.2 Å². The number of thiocarbonyl (C=S) groups is 1. The molecular formula is C19H17F3N2O2S. The van der Waals surface area contributed by atoms with Crippen LogP contribution in [0.4, 0.5) is 13.2 Å². The van der Waals surface area contributed by atoms with Gasteiger partial charge in [-0.15, -0.1) is 0 Å². The van der Waals surface area contributed by atoms with Crippen molar-refractivity contribution >= 4 is 23.1 Å². The summed E-state index contributed by atoms with van der Waals surface area (Å²) in [7, 11) is 1.02. The summed E-state index contributed by atoms with van der Waals surface area (Å²) in [5.41, 5.74) is -2.96. The molecule has 0 radical (unpaired) electrons. The summed E-state index contributed by atoms with van der Waals surface area (Å²) in [6, 6.07) is 14.7. The Balaban J connectivity index is 2.20. The standard InChI is InChI=1S/C19H17F3N2O2S/c1-24-17(27)23-15(12-8-4-2-5-9-12)14(18(24,26)19(20,21)22)16(25)13-10-6-3-7-11-13/h2-11,14-15,26H,1H3,(H,23,27). The number of Topliss-reactive ketones (excluding diaryl/α,β-unsaturated/α-hetero) is 1. The number of hydrogen-bond donors (Lipinski definition) is 2. The molecule has 27 heavy (non-hydrogen) atoms. The van der Waals surface area contributed by atoms with Gasteiger partial charge in [0.05, 0.1) is 6.04 Å². The molecule has 1 aliphatic heterocycles. The van der Waals surface area contributed by atoms with Gasteiger partial charge in [0.25, 0.3) is 5.72 Å². The van der Waals surface area contributed by atoms with Gasteiger partial charge < -0.3 is 15.3 Å². The van der Waals surface area contributed by atoms with Gasteiger partial charge in [0.1, 0.15) is 5.92 Å². The van der Waals surface area contributed by atoms with E-state index in [1.807, 2.05) is 0 Å². The molecule has 0 aromatic heterocycles. The summed E-state index contributed by atoms with van der Waals surface area (Å²) in [6.45, 7) is 0. The van der Waals surface area contributed by atoms with Gasteiger partial charge in [0.15, 0.2) is 10.9 Å². The number of benzene rings is 2. The lowest BCUT2D eigenvalue weighted by molar-refractivity contribution is -0.319. The largest absolute Gasteiger partial charge is 0.437 e. The summed E-state index contributed by atoms with van der Waals surface area (Å²) in [5.74, 6) is -2.69. The molecule has 0 spiro atoms. The normalized spacial score (nSPS) is 25.8. The number of rotatable bonds is 3. The average molecular weight is 394 g/mol. The molecule has 2 N–H and O–H groups in total. The molecule has 4 nitrogen and oxygen atoms in total. The van der Waals surface area contributed by atoms with Gasteiger partial charge in [-0.3, -0.25) is 4.79 Å². The fourth-order valence-electron chi connectivity index (χ4n) is 3.33. The van der Waals surface area contributed by atoms with Crippen molar-refractivity contribution in [1.82, 2.24) is 10.2 Å². The number of carbonyl (C=O) groups excluding carboxylic acids is 1. The van der Waals surface area contributed by atoms with E-state index in [1.165, 1.54) is 12.1 Å². The number of nitrogens with one attached hydrogen (secondary N) is 1. The van der Waals surface area contributed by atoms with Crippen LogP contribution < -0.4 is 5.32 Å². The molecule has 3 atom stereocenters. The monoisotopic (exact) mass is 394 g/mol. The lowest BCUT2D eigenvalue weighted by Crippen LogP contribution is -2.72. The minimum Gasteiger partial charge on any atom is -0.363 e. The quantitative estimate of drug-likeness (QED) is 0.618. The Morgan fingerprint density at radius 1 is 1.11 bits per heavy atom. The zero-order valence-electron chi connectivity index (χ0n) is 14.3. The molecule has 3 unspecified atom stereocenters. The molecule has 142 valence electrons. The topological polar surface area (TPSA) is 52.6 Å². The van der Waals surface area contributed by atoms with E-state index in [9.17, 15) is 23.1 Å².